The van der Waals surface area contributed by atoms with Crippen molar-refractivity contribution in [3.8, 4) is 0 Å². The number of para-hydroxylation sites is 1. The second-order valence-corrected chi connectivity index (χ2v) is 5.33. The van der Waals surface area contributed by atoms with Crippen LogP contribution in [0.1, 0.15) is 0 Å². The summed E-state index contributed by atoms with van der Waals surface area (Å²) in [6, 6.07) is 8.38. The molecule has 0 aliphatic carbocycles. The van der Waals surface area contributed by atoms with E-state index in [1.165, 1.54) is 24.3 Å². The summed E-state index contributed by atoms with van der Waals surface area (Å²) < 4.78 is 39.0. The predicted octanol–water partition coefficient (Wildman–Crippen LogP) is 1.93. The van der Waals surface area contributed by atoms with Crippen molar-refractivity contribution in [3.05, 3.63) is 58.5 Å². The van der Waals surface area contributed by atoms with Crippen molar-refractivity contribution >= 4 is 21.5 Å². The summed E-state index contributed by atoms with van der Waals surface area (Å²) >= 11 is 0. The first-order valence-corrected chi connectivity index (χ1v) is 6.77. The van der Waals surface area contributed by atoms with E-state index in [2.05, 4.69) is 4.98 Å². The molecule has 0 saturated carbocycles. The molecule has 2 rings (SSSR count). The molecule has 1 N–H and O–H groups in total. The van der Waals surface area contributed by atoms with Gasteiger partial charge in [0.05, 0.1) is 4.92 Å². The second-order valence-electron chi connectivity index (χ2n) is 3.68. The van der Waals surface area contributed by atoms with E-state index < -0.39 is 31.5 Å². The number of nitrogens with one attached hydrogen (secondary N) is 1. The van der Waals surface area contributed by atoms with Crippen LogP contribution in [-0.2, 0) is 10.0 Å². The number of nitrogens with zero attached hydrogens (tertiary/aromatic N) is 2. The summed E-state index contributed by atoms with van der Waals surface area (Å²) in [4.78, 5) is 12.8. The fourth-order valence-electron chi connectivity index (χ4n) is 1.49. The Labute approximate surface area is 113 Å². The molecule has 0 aliphatic rings. The number of benzene rings is 1. The highest BCUT2D eigenvalue weighted by atomic mass is 32.2. The third-order valence-corrected chi connectivity index (χ3v) is 3.71. The SMILES string of the molecule is O=[N+]([O-])c1ccccc1S(=O)(=O)Nc1cccc(F)n1. The van der Waals surface area contributed by atoms with Crippen LogP contribution in [0.3, 0.4) is 0 Å². The van der Waals surface area contributed by atoms with E-state index in [-0.39, 0.29) is 5.82 Å². The number of halogens is 1. The Morgan fingerprint density at radius 2 is 1.85 bits per heavy atom. The first-order valence-electron chi connectivity index (χ1n) is 5.29. The van der Waals surface area contributed by atoms with Gasteiger partial charge in [-0.05, 0) is 18.2 Å². The van der Waals surface area contributed by atoms with Crippen molar-refractivity contribution < 1.29 is 17.7 Å². The van der Waals surface area contributed by atoms with Crippen molar-refractivity contribution in [2.75, 3.05) is 4.72 Å². The smallest absolute Gasteiger partial charge is 0.263 e. The summed E-state index contributed by atoms with van der Waals surface area (Å²) in [5.41, 5.74) is -0.573. The van der Waals surface area contributed by atoms with Gasteiger partial charge in [0.1, 0.15) is 5.82 Å². The molecule has 0 radical (unpaired) electrons. The second kappa shape index (κ2) is 5.21. The zero-order valence-corrected chi connectivity index (χ0v) is 10.7. The van der Waals surface area contributed by atoms with Gasteiger partial charge in [-0.15, -0.1) is 0 Å². The number of anilines is 1. The summed E-state index contributed by atoms with van der Waals surface area (Å²) in [5, 5.41) is 10.8. The fraction of sp³-hybridized carbons (Fsp3) is 0. The monoisotopic (exact) mass is 297 g/mol. The maximum atomic E-state index is 12.9. The average Bonchev–Trinajstić information content (AvgIpc) is 2.38. The highest BCUT2D eigenvalue weighted by molar-refractivity contribution is 7.92. The van der Waals surface area contributed by atoms with Gasteiger partial charge in [0, 0.05) is 6.07 Å². The first-order chi connectivity index (χ1) is 9.40. The zero-order valence-electron chi connectivity index (χ0n) is 9.86. The Balaban J connectivity index is 2.44. The maximum Gasteiger partial charge on any atom is 0.289 e. The average molecular weight is 297 g/mol. The highest BCUT2D eigenvalue weighted by Gasteiger charge is 2.25. The summed E-state index contributed by atoms with van der Waals surface area (Å²) in [5.74, 6) is -1.13. The van der Waals surface area contributed by atoms with Crippen LogP contribution in [0.15, 0.2) is 47.4 Å². The topological polar surface area (TPSA) is 102 Å². The van der Waals surface area contributed by atoms with Crippen molar-refractivity contribution in [2.45, 2.75) is 4.90 Å². The van der Waals surface area contributed by atoms with Gasteiger partial charge in [-0.2, -0.15) is 4.39 Å². The molecule has 20 heavy (non-hydrogen) atoms. The molecule has 9 heteroatoms. The molecule has 7 nitrogen and oxygen atoms in total. The normalized spacial score (nSPS) is 11.1. The van der Waals surface area contributed by atoms with Gasteiger partial charge >= 0.3 is 0 Å². The first kappa shape index (κ1) is 13.9. The van der Waals surface area contributed by atoms with Crippen molar-refractivity contribution in [1.82, 2.24) is 4.98 Å². The summed E-state index contributed by atoms with van der Waals surface area (Å²) in [7, 11) is -4.23. The Hall–Kier alpha value is -2.55. The molecule has 0 unspecified atom stereocenters. The molecule has 1 aromatic heterocycles. The van der Waals surface area contributed by atoms with Gasteiger partial charge in [0.15, 0.2) is 4.90 Å². The number of hydrogen-bond donors (Lipinski definition) is 1. The van der Waals surface area contributed by atoms with Crippen LogP contribution in [0.5, 0.6) is 0 Å². The number of nitro groups is 1. The number of sulfonamides is 1. The molecule has 0 saturated heterocycles. The lowest BCUT2D eigenvalue weighted by atomic mass is 10.3. The summed E-state index contributed by atoms with van der Waals surface area (Å²) in [6.45, 7) is 0. The lowest BCUT2D eigenvalue weighted by Gasteiger charge is -2.07. The minimum absolute atomic E-state index is 0.261. The van der Waals surface area contributed by atoms with Crippen molar-refractivity contribution in [3.63, 3.8) is 0 Å². The molecule has 0 aliphatic heterocycles. The van der Waals surface area contributed by atoms with Crippen LogP contribution in [0.4, 0.5) is 15.9 Å². The van der Waals surface area contributed by atoms with E-state index in [1.807, 2.05) is 4.72 Å². The summed E-state index contributed by atoms with van der Waals surface area (Å²) in [6.07, 6.45) is 0. The lowest BCUT2D eigenvalue weighted by Crippen LogP contribution is -2.15. The molecular weight excluding hydrogens is 289 g/mol. The third kappa shape index (κ3) is 2.88. The number of pyridine rings is 1. The van der Waals surface area contributed by atoms with Gasteiger partial charge in [-0.25, -0.2) is 13.4 Å². The lowest BCUT2D eigenvalue weighted by molar-refractivity contribution is -0.387. The van der Waals surface area contributed by atoms with Gasteiger partial charge < -0.3 is 0 Å². The molecule has 0 spiro atoms. The highest BCUT2D eigenvalue weighted by Crippen LogP contribution is 2.24. The Morgan fingerprint density at radius 1 is 1.15 bits per heavy atom. The number of hydrogen-bond acceptors (Lipinski definition) is 5. The Morgan fingerprint density at radius 3 is 2.50 bits per heavy atom. The van der Waals surface area contributed by atoms with E-state index in [1.54, 1.807) is 0 Å². The van der Waals surface area contributed by atoms with Crippen LogP contribution >= 0.6 is 0 Å². The Kier molecular flexibility index (Phi) is 3.61. The number of nitro benzene ring substituents is 1. The van der Waals surface area contributed by atoms with Crippen molar-refractivity contribution in [2.24, 2.45) is 0 Å². The molecule has 2 aromatic rings. The van der Waals surface area contributed by atoms with Crippen LogP contribution < -0.4 is 4.72 Å². The van der Waals surface area contributed by atoms with Crippen LogP contribution in [0.25, 0.3) is 0 Å². The zero-order chi connectivity index (χ0) is 14.8. The van der Waals surface area contributed by atoms with Gasteiger partial charge in [0.25, 0.3) is 15.7 Å². The molecule has 1 aromatic carbocycles. The van der Waals surface area contributed by atoms with E-state index in [0.717, 1.165) is 18.2 Å². The Bertz CT molecular complexity index is 764. The van der Waals surface area contributed by atoms with E-state index >= 15 is 0 Å². The molecule has 0 atom stereocenters. The molecule has 1 heterocycles. The van der Waals surface area contributed by atoms with Crippen LogP contribution in [-0.4, -0.2) is 18.3 Å². The van der Waals surface area contributed by atoms with Crippen LogP contribution in [0, 0.1) is 16.1 Å². The standard InChI is InChI=1S/C11H8FN3O4S/c12-10-6-3-7-11(13-10)14-20(18,19)9-5-2-1-4-8(9)15(16)17/h1-7H,(H,13,14). The quantitative estimate of drug-likeness (QED) is 0.527. The predicted molar refractivity (Wildman–Crippen MR) is 68.1 cm³/mol. The number of aromatic nitrogens is 1. The minimum atomic E-state index is -4.23. The number of rotatable bonds is 4. The minimum Gasteiger partial charge on any atom is -0.263 e. The van der Waals surface area contributed by atoms with Crippen LogP contribution in [0.2, 0.25) is 0 Å². The van der Waals surface area contributed by atoms with Gasteiger partial charge in [0.2, 0.25) is 5.95 Å². The molecule has 0 fully saturated rings. The van der Waals surface area contributed by atoms with E-state index in [0.29, 0.717) is 0 Å². The van der Waals surface area contributed by atoms with Crippen molar-refractivity contribution in [1.29, 1.82) is 0 Å². The largest absolute Gasteiger partial charge is 0.289 e. The molecular formula is C11H8FN3O4S. The fourth-order valence-corrected chi connectivity index (χ4v) is 2.67. The maximum absolute atomic E-state index is 12.9. The molecule has 0 amide bonds. The van der Waals surface area contributed by atoms with Gasteiger partial charge in [-0.1, -0.05) is 18.2 Å². The van der Waals surface area contributed by atoms with E-state index in [4.69, 9.17) is 0 Å². The molecule has 104 valence electrons. The molecule has 0 bridgehead atoms. The van der Waals surface area contributed by atoms with E-state index in [9.17, 15) is 22.9 Å². The third-order valence-electron chi connectivity index (χ3n) is 2.31. The van der Waals surface area contributed by atoms with Gasteiger partial charge in [-0.3, -0.25) is 14.8 Å².